The zero-order valence-corrected chi connectivity index (χ0v) is 10.5. The minimum atomic E-state index is -0.141. The van der Waals surface area contributed by atoms with Crippen LogP contribution in [0.25, 0.3) is 0 Å². The largest absolute Gasteiger partial charge is 0.508 e. The molecule has 18 heavy (non-hydrogen) atoms. The fourth-order valence-corrected chi connectivity index (χ4v) is 2.40. The predicted octanol–water partition coefficient (Wildman–Crippen LogP) is 1.91. The summed E-state index contributed by atoms with van der Waals surface area (Å²) in [6.07, 6.45) is 3.60. The van der Waals surface area contributed by atoms with Crippen LogP contribution in [-0.2, 0) is 0 Å². The number of phenols is 1. The molecule has 2 N–H and O–H groups in total. The summed E-state index contributed by atoms with van der Waals surface area (Å²) in [6, 6.07) is 7.20. The summed E-state index contributed by atoms with van der Waals surface area (Å²) in [4.78, 5) is 2.28. The molecule has 1 saturated heterocycles. The minimum absolute atomic E-state index is 0.112. The van der Waals surface area contributed by atoms with Crippen LogP contribution >= 0.6 is 0 Å². The van der Waals surface area contributed by atoms with Crippen molar-refractivity contribution in [3.05, 3.63) is 29.8 Å². The fraction of sp³-hybridized carbons (Fsp3) is 0.467. The van der Waals surface area contributed by atoms with Gasteiger partial charge in [-0.3, -0.25) is 4.90 Å². The second-order valence-corrected chi connectivity index (χ2v) is 4.54. The molecule has 0 aromatic heterocycles. The number of nitrogens with zero attached hydrogens (tertiary/aromatic N) is 1. The molecule has 1 unspecified atom stereocenters. The van der Waals surface area contributed by atoms with E-state index in [-0.39, 0.29) is 18.4 Å². The zero-order valence-electron chi connectivity index (χ0n) is 10.5. The van der Waals surface area contributed by atoms with E-state index in [9.17, 15) is 5.11 Å². The van der Waals surface area contributed by atoms with Crippen LogP contribution in [0.15, 0.2) is 24.3 Å². The van der Waals surface area contributed by atoms with Crippen LogP contribution in [0.3, 0.4) is 0 Å². The highest BCUT2D eigenvalue weighted by Gasteiger charge is 2.22. The molecule has 96 valence electrons. The van der Waals surface area contributed by atoms with Crippen molar-refractivity contribution in [3.8, 4) is 17.6 Å². The Labute approximate surface area is 108 Å². The number of para-hydroxylation sites is 1. The van der Waals surface area contributed by atoms with E-state index in [1.807, 2.05) is 18.2 Å². The molecular weight excluding hydrogens is 226 g/mol. The summed E-state index contributed by atoms with van der Waals surface area (Å²) in [5, 5.41) is 18.8. The lowest BCUT2D eigenvalue weighted by molar-refractivity contribution is 0.195. The highest BCUT2D eigenvalue weighted by atomic mass is 16.3. The lowest BCUT2D eigenvalue weighted by Crippen LogP contribution is -2.33. The standard InChI is InChI=1S/C15H19NO2/c17-12-6-8-14(16-10-4-1-5-11-16)13-7-2-3-9-15(13)18/h2-3,7,9,14,17-18H,1,4-5,10-12H2. The molecule has 1 atom stereocenters. The van der Waals surface area contributed by atoms with Crippen LogP contribution in [-0.4, -0.2) is 34.8 Å². The van der Waals surface area contributed by atoms with Gasteiger partial charge in [0, 0.05) is 5.56 Å². The molecule has 1 aromatic carbocycles. The Hall–Kier alpha value is -1.50. The Balaban J connectivity index is 2.27. The summed E-state index contributed by atoms with van der Waals surface area (Å²) < 4.78 is 0. The average Bonchev–Trinajstić information content (AvgIpc) is 2.42. The first-order valence-corrected chi connectivity index (χ1v) is 6.44. The maximum absolute atomic E-state index is 9.95. The van der Waals surface area contributed by atoms with Crippen molar-refractivity contribution < 1.29 is 10.2 Å². The minimum Gasteiger partial charge on any atom is -0.508 e. The van der Waals surface area contributed by atoms with Gasteiger partial charge in [0.2, 0.25) is 0 Å². The van der Waals surface area contributed by atoms with Crippen molar-refractivity contribution in [2.75, 3.05) is 19.7 Å². The van der Waals surface area contributed by atoms with Gasteiger partial charge in [-0.05, 0) is 32.0 Å². The summed E-state index contributed by atoms with van der Waals surface area (Å²) in [5.74, 6) is 6.06. The number of phenolic OH excluding ortho intramolecular Hbond substituents is 1. The molecule has 1 fully saturated rings. The first-order chi connectivity index (χ1) is 8.83. The Morgan fingerprint density at radius 1 is 1.17 bits per heavy atom. The van der Waals surface area contributed by atoms with E-state index in [4.69, 9.17) is 5.11 Å². The lowest BCUT2D eigenvalue weighted by atomic mass is 10.0. The fourth-order valence-electron chi connectivity index (χ4n) is 2.40. The summed E-state index contributed by atoms with van der Waals surface area (Å²) in [7, 11) is 0. The maximum atomic E-state index is 9.95. The molecule has 0 radical (unpaired) electrons. The second-order valence-electron chi connectivity index (χ2n) is 4.54. The second kappa shape index (κ2) is 6.44. The molecule has 1 heterocycles. The number of benzene rings is 1. The Kier molecular flexibility index (Phi) is 4.63. The van der Waals surface area contributed by atoms with Crippen molar-refractivity contribution >= 4 is 0 Å². The quantitative estimate of drug-likeness (QED) is 0.782. The van der Waals surface area contributed by atoms with Gasteiger partial charge in [-0.2, -0.15) is 0 Å². The lowest BCUT2D eigenvalue weighted by Gasteiger charge is -2.32. The molecule has 0 amide bonds. The number of piperidine rings is 1. The van der Waals surface area contributed by atoms with Crippen LogP contribution in [0, 0.1) is 11.8 Å². The third-order valence-electron chi connectivity index (χ3n) is 3.30. The monoisotopic (exact) mass is 245 g/mol. The SMILES string of the molecule is OCC#CC(c1ccccc1O)N1CCCCC1. The van der Waals surface area contributed by atoms with Crippen LogP contribution < -0.4 is 0 Å². The molecule has 1 aromatic rings. The van der Waals surface area contributed by atoms with E-state index in [0.717, 1.165) is 18.7 Å². The van der Waals surface area contributed by atoms with Crippen LogP contribution in [0.4, 0.5) is 0 Å². The van der Waals surface area contributed by atoms with Crippen molar-refractivity contribution in [1.29, 1.82) is 0 Å². The summed E-state index contributed by atoms with van der Waals surface area (Å²) >= 11 is 0. The van der Waals surface area contributed by atoms with Gasteiger partial charge in [0.25, 0.3) is 0 Å². The van der Waals surface area contributed by atoms with Crippen molar-refractivity contribution in [3.63, 3.8) is 0 Å². The van der Waals surface area contributed by atoms with E-state index >= 15 is 0 Å². The highest BCUT2D eigenvalue weighted by molar-refractivity contribution is 5.39. The molecule has 3 nitrogen and oxygen atoms in total. The van der Waals surface area contributed by atoms with E-state index in [2.05, 4.69) is 16.7 Å². The number of aliphatic hydroxyl groups is 1. The van der Waals surface area contributed by atoms with Gasteiger partial charge in [-0.25, -0.2) is 0 Å². The summed E-state index contributed by atoms with van der Waals surface area (Å²) in [5.41, 5.74) is 0.834. The van der Waals surface area contributed by atoms with E-state index in [1.165, 1.54) is 19.3 Å². The summed E-state index contributed by atoms with van der Waals surface area (Å²) in [6.45, 7) is 1.86. The average molecular weight is 245 g/mol. The van der Waals surface area contributed by atoms with Crippen molar-refractivity contribution in [2.45, 2.75) is 25.3 Å². The number of aliphatic hydroxyl groups excluding tert-OH is 1. The number of hydrogen-bond donors (Lipinski definition) is 2. The number of hydrogen-bond acceptors (Lipinski definition) is 3. The topological polar surface area (TPSA) is 43.7 Å². The highest BCUT2D eigenvalue weighted by Crippen LogP contribution is 2.29. The Morgan fingerprint density at radius 2 is 1.89 bits per heavy atom. The van der Waals surface area contributed by atoms with E-state index < -0.39 is 0 Å². The van der Waals surface area contributed by atoms with Gasteiger partial charge in [-0.15, -0.1) is 0 Å². The Bertz CT molecular complexity index is 441. The van der Waals surface area contributed by atoms with Gasteiger partial charge < -0.3 is 10.2 Å². The number of likely N-dealkylation sites (tertiary alicyclic amines) is 1. The molecule has 0 bridgehead atoms. The maximum Gasteiger partial charge on any atom is 0.121 e. The smallest absolute Gasteiger partial charge is 0.121 e. The molecule has 0 saturated carbocycles. The molecule has 2 rings (SSSR count). The molecule has 1 aliphatic heterocycles. The Morgan fingerprint density at radius 3 is 2.56 bits per heavy atom. The number of rotatable bonds is 2. The zero-order chi connectivity index (χ0) is 12.8. The van der Waals surface area contributed by atoms with Gasteiger partial charge >= 0.3 is 0 Å². The van der Waals surface area contributed by atoms with Gasteiger partial charge in [0.1, 0.15) is 18.4 Å². The number of aromatic hydroxyl groups is 1. The molecule has 3 heteroatoms. The van der Waals surface area contributed by atoms with E-state index in [0.29, 0.717) is 0 Å². The molecule has 0 aliphatic carbocycles. The first-order valence-electron chi connectivity index (χ1n) is 6.44. The molecule has 0 spiro atoms. The first kappa shape index (κ1) is 12.9. The van der Waals surface area contributed by atoms with Gasteiger partial charge in [0.15, 0.2) is 0 Å². The molecular formula is C15H19NO2. The predicted molar refractivity (Wildman–Crippen MR) is 71.1 cm³/mol. The van der Waals surface area contributed by atoms with Crippen molar-refractivity contribution in [2.24, 2.45) is 0 Å². The van der Waals surface area contributed by atoms with E-state index in [1.54, 1.807) is 6.07 Å². The van der Waals surface area contributed by atoms with Crippen LogP contribution in [0.2, 0.25) is 0 Å². The molecule has 1 aliphatic rings. The van der Waals surface area contributed by atoms with Gasteiger partial charge in [-0.1, -0.05) is 36.5 Å². The van der Waals surface area contributed by atoms with Crippen LogP contribution in [0.5, 0.6) is 5.75 Å². The third kappa shape index (κ3) is 3.04. The normalized spacial score (nSPS) is 17.8. The van der Waals surface area contributed by atoms with Gasteiger partial charge in [0.05, 0.1) is 0 Å². The third-order valence-corrected chi connectivity index (χ3v) is 3.30. The van der Waals surface area contributed by atoms with Crippen molar-refractivity contribution in [1.82, 2.24) is 4.90 Å². The van der Waals surface area contributed by atoms with Crippen LogP contribution in [0.1, 0.15) is 30.9 Å².